The van der Waals surface area contributed by atoms with Gasteiger partial charge in [0.05, 0.1) is 10.6 Å². The Morgan fingerprint density at radius 3 is 2.50 bits per heavy atom. The first kappa shape index (κ1) is 15.2. The van der Waals surface area contributed by atoms with Crippen LogP contribution in [0.4, 0.5) is 5.69 Å². The maximum Gasteiger partial charge on any atom is 0.261 e. The summed E-state index contributed by atoms with van der Waals surface area (Å²) in [5, 5.41) is 0. The van der Waals surface area contributed by atoms with Crippen LogP contribution in [0.2, 0.25) is 0 Å². The normalized spacial score (nSPS) is 11.1. The average molecular weight is 418 g/mol. The number of benzene rings is 2. The number of anilines is 1. The van der Waals surface area contributed by atoms with E-state index < -0.39 is 10.0 Å². The molecule has 0 saturated heterocycles. The quantitative estimate of drug-likeness (QED) is 0.592. The van der Waals surface area contributed by atoms with Gasteiger partial charge in [0.2, 0.25) is 0 Å². The molecule has 0 bridgehead atoms. The second-order valence-electron chi connectivity index (χ2n) is 3.98. The van der Waals surface area contributed by atoms with E-state index in [2.05, 4.69) is 27.3 Å². The highest BCUT2D eigenvalue weighted by molar-refractivity contribution is 14.1. The summed E-state index contributed by atoms with van der Waals surface area (Å²) in [5.74, 6) is 0. The van der Waals surface area contributed by atoms with Crippen molar-refractivity contribution in [3.05, 3.63) is 57.7 Å². The molecule has 2 aromatic carbocycles. The van der Waals surface area contributed by atoms with E-state index >= 15 is 0 Å². The third-order valence-electron chi connectivity index (χ3n) is 2.55. The van der Waals surface area contributed by atoms with E-state index in [0.29, 0.717) is 11.3 Å². The number of nitrogens with two attached hydrogens (primary N) is 1. The van der Waals surface area contributed by atoms with Gasteiger partial charge in [0.15, 0.2) is 0 Å². The number of hydrogen-bond acceptors (Lipinski definition) is 3. The molecule has 0 radical (unpaired) electrons. The Kier molecular flexibility index (Phi) is 4.61. The van der Waals surface area contributed by atoms with Crippen molar-refractivity contribution in [2.24, 2.45) is 5.73 Å². The van der Waals surface area contributed by atoms with Crippen molar-refractivity contribution in [2.45, 2.75) is 4.90 Å². The standard InChI is InChI=1S/C13H11IN2O2S2/c14-11-6-1-2-7-12(11)16-20(17,18)10-5-3-4-9(8-10)13(15)19/h1-8,16H,(H2,15,19). The highest BCUT2D eigenvalue weighted by atomic mass is 127. The SMILES string of the molecule is NC(=S)c1cccc(S(=O)(=O)Nc2ccccc2I)c1. The molecule has 0 aliphatic rings. The molecule has 0 unspecified atom stereocenters. The summed E-state index contributed by atoms with van der Waals surface area (Å²) < 4.78 is 28.0. The van der Waals surface area contributed by atoms with Crippen LogP contribution >= 0.6 is 34.8 Å². The van der Waals surface area contributed by atoms with Gasteiger partial charge in [-0.15, -0.1) is 0 Å². The number of hydrogen-bond donors (Lipinski definition) is 2. The van der Waals surface area contributed by atoms with E-state index in [0.717, 1.165) is 3.57 Å². The number of rotatable bonds is 4. The fourth-order valence-corrected chi connectivity index (χ4v) is 3.52. The van der Waals surface area contributed by atoms with Crippen LogP contribution in [-0.4, -0.2) is 13.4 Å². The zero-order valence-corrected chi connectivity index (χ0v) is 14.0. The Morgan fingerprint density at radius 1 is 1.15 bits per heavy atom. The molecule has 0 atom stereocenters. The van der Waals surface area contributed by atoms with Gasteiger partial charge in [0.1, 0.15) is 4.99 Å². The molecule has 4 nitrogen and oxygen atoms in total. The molecule has 0 aliphatic carbocycles. The molecule has 3 N–H and O–H groups in total. The smallest absolute Gasteiger partial charge is 0.261 e. The van der Waals surface area contributed by atoms with Gasteiger partial charge in [-0.25, -0.2) is 8.42 Å². The number of para-hydroxylation sites is 1. The number of halogens is 1. The largest absolute Gasteiger partial charge is 0.389 e. The third kappa shape index (κ3) is 3.47. The monoisotopic (exact) mass is 418 g/mol. The van der Waals surface area contributed by atoms with E-state index in [1.807, 2.05) is 12.1 Å². The van der Waals surface area contributed by atoms with Crippen molar-refractivity contribution in [3.63, 3.8) is 0 Å². The highest BCUT2D eigenvalue weighted by Gasteiger charge is 2.16. The van der Waals surface area contributed by atoms with E-state index in [1.165, 1.54) is 12.1 Å². The van der Waals surface area contributed by atoms with Crippen LogP contribution < -0.4 is 10.5 Å². The molecule has 0 fully saturated rings. The van der Waals surface area contributed by atoms with Gasteiger partial charge >= 0.3 is 0 Å². The summed E-state index contributed by atoms with van der Waals surface area (Å²) in [5.41, 5.74) is 6.57. The fourth-order valence-electron chi connectivity index (χ4n) is 1.56. The summed E-state index contributed by atoms with van der Waals surface area (Å²) in [6, 6.07) is 13.4. The van der Waals surface area contributed by atoms with E-state index in [1.54, 1.807) is 24.3 Å². The van der Waals surface area contributed by atoms with Gasteiger partial charge in [-0.1, -0.05) is 36.5 Å². The molecular weight excluding hydrogens is 407 g/mol. The average Bonchev–Trinajstić information content (AvgIpc) is 2.41. The van der Waals surface area contributed by atoms with Gasteiger partial charge in [0, 0.05) is 9.13 Å². The third-order valence-corrected chi connectivity index (χ3v) is 5.09. The van der Waals surface area contributed by atoms with Gasteiger partial charge in [-0.2, -0.15) is 0 Å². The Bertz CT molecular complexity index is 760. The second kappa shape index (κ2) is 6.06. The summed E-state index contributed by atoms with van der Waals surface area (Å²) >= 11 is 6.93. The molecule has 0 aliphatic heterocycles. The summed E-state index contributed by atoms with van der Waals surface area (Å²) in [6.45, 7) is 0. The van der Waals surface area contributed by atoms with Crippen LogP contribution in [0.1, 0.15) is 5.56 Å². The van der Waals surface area contributed by atoms with Crippen LogP contribution in [0, 0.1) is 3.57 Å². The lowest BCUT2D eigenvalue weighted by atomic mass is 10.2. The van der Waals surface area contributed by atoms with Crippen molar-refractivity contribution in [2.75, 3.05) is 4.72 Å². The predicted octanol–water partition coefficient (Wildman–Crippen LogP) is 2.73. The molecular formula is C13H11IN2O2S2. The number of sulfonamides is 1. The maximum absolute atomic E-state index is 12.3. The molecule has 0 heterocycles. The molecule has 0 aromatic heterocycles. The van der Waals surface area contributed by atoms with E-state index in [-0.39, 0.29) is 9.88 Å². The van der Waals surface area contributed by atoms with Gasteiger partial charge in [-0.05, 0) is 46.9 Å². The van der Waals surface area contributed by atoms with E-state index in [9.17, 15) is 8.42 Å². The number of thiocarbonyl (C=S) groups is 1. The molecule has 2 rings (SSSR count). The molecule has 104 valence electrons. The van der Waals surface area contributed by atoms with Crippen molar-refractivity contribution < 1.29 is 8.42 Å². The molecule has 7 heteroatoms. The van der Waals surface area contributed by atoms with Crippen molar-refractivity contribution in [1.29, 1.82) is 0 Å². The van der Waals surface area contributed by atoms with Gasteiger partial charge in [0.25, 0.3) is 10.0 Å². The first-order valence-electron chi connectivity index (χ1n) is 5.57. The van der Waals surface area contributed by atoms with Crippen molar-refractivity contribution in [1.82, 2.24) is 0 Å². The number of nitrogens with one attached hydrogen (secondary N) is 1. The zero-order valence-electron chi connectivity index (χ0n) is 10.2. The van der Waals surface area contributed by atoms with Gasteiger partial charge in [-0.3, -0.25) is 4.72 Å². The lowest BCUT2D eigenvalue weighted by Crippen LogP contribution is -2.15. The second-order valence-corrected chi connectivity index (χ2v) is 7.26. The maximum atomic E-state index is 12.3. The topological polar surface area (TPSA) is 72.2 Å². The summed E-state index contributed by atoms with van der Waals surface area (Å²) in [4.78, 5) is 0.291. The molecule has 20 heavy (non-hydrogen) atoms. The molecule has 0 amide bonds. The lowest BCUT2D eigenvalue weighted by molar-refractivity contribution is 0.601. The predicted molar refractivity (Wildman–Crippen MR) is 92.3 cm³/mol. The van der Waals surface area contributed by atoms with Crippen LogP contribution in [0.5, 0.6) is 0 Å². The Morgan fingerprint density at radius 2 is 1.85 bits per heavy atom. The zero-order chi connectivity index (χ0) is 14.8. The molecule has 0 saturated carbocycles. The van der Waals surface area contributed by atoms with Crippen LogP contribution in [-0.2, 0) is 10.0 Å². The fraction of sp³-hybridized carbons (Fsp3) is 0. The first-order chi connectivity index (χ1) is 9.40. The van der Waals surface area contributed by atoms with Crippen molar-refractivity contribution in [3.8, 4) is 0 Å². The van der Waals surface area contributed by atoms with Crippen LogP contribution in [0.15, 0.2) is 53.4 Å². The van der Waals surface area contributed by atoms with Crippen molar-refractivity contribution >= 4 is 55.5 Å². The minimum absolute atomic E-state index is 0.127. The minimum Gasteiger partial charge on any atom is -0.389 e. The minimum atomic E-state index is -3.66. The Labute approximate surface area is 136 Å². The van der Waals surface area contributed by atoms with Crippen LogP contribution in [0.25, 0.3) is 0 Å². The van der Waals surface area contributed by atoms with Gasteiger partial charge < -0.3 is 5.73 Å². The van der Waals surface area contributed by atoms with E-state index in [4.69, 9.17) is 18.0 Å². The Hall–Kier alpha value is -1.19. The lowest BCUT2D eigenvalue weighted by Gasteiger charge is -2.10. The molecule has 2 aromatic rings. The summed E-state index contributed by atoms with van der Waals surface area (Å²) in [7, 11) is -3.66. The summed E-state index contributed by atoms with van der Waals surface area (Å²) in [6.07, 6.45) is 0. The highest BCUT2D eigenvalue weighted by Crippen LogP contribution is 2.21. The first-order valence-corrected chi connectivity index (χ1v) is 8.54. The van der Waals surface area contributed by atoms with Crippen LogP contribution in [0.3, 0.4) is 0 Å². The molecule has 0 spiro atoms. The Balaban J connectivity index is 2.38.